The van der Waals surface area contributed by atoms with Gasteiger partial charge in [-0.25, -0.2) is 0 Å². The second-order valence-corrected chi connectivity index (χ2v) is 7.95. The minimum atomic E-state index is -0.567. The van der Waals surface area contributed by atoms with Gasteiger partial charge in [-0.3, -0.25) is 4.79 Å². The highest BCUT2D eigenvalue weighted by molar-refractivity contribution is 5.69. The van der Waals surface area contributed by atoms with Crippen molar-refractivity contribution in [3.8, 4) is 0 Å². The predicted molar refractivity (Wildman–Crippen MR) is 105 cm³/mol. The average molecular weight is 341 g/mol. The van der Waals surface area contributed by atoms with Crippen molar-refractivity contribution < 1.29 is 9.90 Å². The highest BCUT2D eigenvalue weighted by Crippen LogP contribution is 2.28. The number of hydrogen-bond acceptors (Lipinski definition) is 1. The fourth-order valence-electron chi connectivity index (χ4n) is 3.75. The van der Waals surface area contributed by atoms with E-state index in [9.17, 15) is 9.90 Å². The number of carboxylic acid groups (broad SMARTS) is 1. The monoisotopic (exact) mass is 340 g/mol. The third kappa shape index (κ3) is 12.8. The molecule has 2 heteroatoms. The molecule has 0 saturated carbocycles. The van der Waals surface area contributed by atoms with Gasteiger partial charge in [0.2, 0.25) is 0 Å². The van der Waals surface area contributed by atoms with Gasteiger partial charge in [0.25, 0.3) is 0 Å². The lowest BCUT2D eigenvalue weighted by molar-refractivity contribution is -0.142. The summed E-state index contributed by atoms with van der Waals surface area (Å²) in [4.78, 5) is 11.7. The van der Waals surface area contributed by atoms with Gasteiger partial charge in [-0.15, -0.1) is 0 Å². The van der Waals surface area contributed by atoms with Crippen LogP contribution in [0.2, 0.25) is 0 Å². The molecule has 0 saturated heterocycles. The second kappa shape index (κ2) is 16.0. The minimum Gasteiger partial charge on any atom is -0.481 e. The zero-order valence-corrected chi connectivity index (χ0v) is 17.0. The Labute approximate surface area is 151 Å². The fourth-order valence-corrected chi connectivity index (χ4v) is 3.75. The Morgan fingerprint density at radius 3 is 2.00 bits per heavy atom. The van der Waals surface area contributed by atoms with Gasteiger partial charge in [0.05, 0.1) is 5.92 Å². The number of unbranched alkanes of at least 4 members (excludes halogenated alkanes) is 5. The van der Waals surface area contributed by atoms with Crippen LogP contribution in [0, 0.1) is 17.8 Å². The molecule has 0 aliphatic carbocycles. The van der Waals surface area contributed by atoms with E-state index in [4.69, 9.17) is 0 Å². The maximum atomic E-state index is 11.7. The van der Waals surface area contributed by atoms with Gasteiger partial charge in [-0.1, -0.05) is 98.3 Å². The smallest absolute Gasteiger partial charge is 0.306 e. The topological polar surface area (TPSA) is 37.3 Å². The van der Waals surface area contributed by atoms with E-state index in [1.165, 1.54) is 70.6 Å². The number of rotatable bonds is 17. The molecule has 2 nitrogen and oxygen atoms in total. The van der Waals surface area contributed by atoms with Gasteiger partial charge in [0.1, 0.15) is 0 Å². The first-order valence-corrected chi connectivity index (χ1v) is 10.8. The van der Waals surface area contributed by atoms with Crippen molar-refractivity contribution in [3.05, 3.63) is 0 Å². The van der Waals surface area contributed by atoms with E-state index >= 15 is 0 Å². The van der Waals surface area contributed by atoms with Crippen LogP contribution >= 0.6 is 0 Å². The molecule has 1 N–H and O–H groups in total. The molecule has 0 rings (SSSR count). The Balaban J connectivity index is 4.14. The lowest BCUT2D eigenvalue weighted by Crippen LogP contribution is -2.19. The van der Waals surface area contributed by atoms with Crippen molar-refractivity contribution in [2.24, 2.45) is 17.8 Å². The second-order valence-electron chi connectivity index (χ2n) is 7.95. The van der Waals surface area contributed by atoms with Gasteiger partial charge in [0, 0.05) is 0 Å². The molecular weight excluding hydrogens is 296 g/mol. The van der Waals surface area contributed by atoms with Gasteiger partial charge < -0.3 is 5.11 Å². The van der Waals surface area contributed by atoms with E-state index in [0.717, 1.165) is 19.3 Å². The summed E-state index contributed by atoms with van der Waals surface area (Å²) in [5.74, 6) is 0.595. The molecule has 3 atom stereocenters. The van der Waals surface area contributed by atoms with E-state index in [0.29, 0.717) is 11.8 Å². The number of hydrogen-bond donors (Lipinski definition) is 1. The molecule has 0 radical (unpaired) electrons. The molecule has 0 aromatic heterocycles. The summed E-state index contributed by atoms with van der Waals surface area (Å²) < 4.78 is 0. The van der Waals surface area contributed by atoms with Crippen LogP contribution in [0.25, 0.3) is 0 Å². The van der Waals surface area contributed by atoms with Crippen LogP contribution in [0.3, 0.4) is 0 Å². The highest BCUT2D eigenvalue weighted by atomic mass is 16.4. The van der Waals surface area contributed by atoms with Crippen molar-refractivity contribution in [3.63, 3.8) is 0 Å². The van der Waals surface area contributed by atoms with Crippen LogP contribution in [0.4, 0.5) is 0 Å². The molecule has 0 amide bonds. The van der Waals surface area contributed by atoms with Gasteiger partial charge in [-0.05, 0) is 31.1 Å². The summed E-state index contributed by atoms with van der Waals surface area (Å²) in [5, 5.41) is 9.60. The third-order valence-corrected chi connectivity index (χ3v) is 5.44. The average Bonchev–Trinajstić information content (AvgIpc) is 2.55. The molecule has 0 aromatic carbocycles. The number of carbonyl (C=O) groups is 1. The first kappa shape index (κ1) is 23.5. The van der Waals surface area contributed by atoms with Crippen LogP contribution in [-0.4, -0.2) is 11.1 Å². The van der Waals surface area contributed by atoms with E-state index in [1.807, 2.05) is 0 Å². The van der Waals surface area contributed by atoms with Crippen molar-refractivity contribution in [1.29, 1.82) is 0 Å². The van der Waals surface area contributed by atoms with Crippen molar-refractivity contribution in [2.45, 2.75) is 118 Å². The Morgan fingerprint density at radius 2 is 1.42 bits per heavy atom. The third-order valence-electron chi connectivity index (χ3n) is 5.44. The number of carboxylic acids is 1. The van der Waals surface area contributed by atoms with Crippen molar-refractivity contribution in [2.75, 3.05) is 0 Å². The summed E-state index contributed by atoms with van der Waals surface area (Å²) >= 11 is 0. The molecule has 0 fully saturated rings. The summed E-state index contributed by atoms with van der Waals surface area (Å²) in [6, 6.07) is 0. The Morgan fingerprint density at radius 1 is 0.750 bits per heavy atom. The molecule has 24 heavy (non-hydrogen) atoms. The zero-order valence-electron chi connectivity index (χ0n) is 17.0. The normalized spacial score (nSPS) is 15.2. The van der Waals surface area contributed by atoms with Gasteiger partial charge in [0.15, 0.2) is 0 Å². The SMILES string of the molecule is CCCCCCCC(C)CCC(CC(CCC)CCCC)C(=O)O. The summed E-state index contributed by atoms with van der Waals surface area (Å²) in [6.07, 6.45) is 16.8. The molecule has 3 unspecified atom stereocenters. The maximum Gasteiger partial charge on any atom is 0.306 e. The van der Waals surface area contributed by atoms with Crippen LogP contribution in [-0.2, 0) is 4.79 Å². The van der Waals surface area contributed by atoms with Gasteiger partial charge in [-0.2, -0.15) is 0 Å². The molecule has 0 aromatic rings. The summed E-state index contributed by atoms with van der Waals surface area (Å²) in [5.41, 5.74) is 0. The summed E-state index contributed by atoms with van der Waals surface area (Å²) in [6.45, 7) is 9.00. The van der Waals surface area contributed by atoms with E-state index in [-0.39, 0.29) is 5.92 Å². The van der Waals surface area contributed by atoms with Crippen molar-refractivity contribution in [1.82, 2.24) is 0 Å². The number of aliphatic carboxylic acids is 1. The molecule has 0 aliphatic heterocycles. The van der Waals surface area contributed by atoms with E-state index < -0.39 is 5.97 Å². The Kier molecular flexibility index (Phi) is 15.6. The van der Waals surface area contributed by atoms with Crippen molar-refractivity contribution >= 4 is 5.97 Å². The molecule has 0 bridgehead atoms. The van der Waals surface area contributed by atoms with E-state index in [2.05, 4.69) is 27.7 Å². The van der Waals surface area contributed by atoms with Crippen LogP contribution < -0.4 is 0 Å². The minimum absolute atomic E-state index is 0.124. The zero-order chi connectivity index (χ0) is 18.2. The molecule has 0 aliphatic rings. The lowest BCUT2D eigenvalue weighted by Gasteiger charge is -2.22. The fraction of sp³-hybridized carbons (Fsp3) is 0.955. The largest absolute Gasteiger partial charge is 0.481 e. The molecular formula is C22H44O2. The van der Waals surface area contributed by atoms with E-state index in [1.54, 1.807) is 0 Å². The highest BCUT2D eigenvalue weighted by Gasteiger charge is 2.22. The van der Waals surface area contributed by atoms with Crippen LogP contribution in [0.1, 0.15) is 118 Å². The first-order valence-electron chi connectivity index (χ1n) is 10.8. The Bertz CT molecular complexity index is 288. The first-order chi connectivity index (χ1) is 11.5. The maximum absolute atomic E-state index is 11.7. The summed E-state index contributed by atoms with van der Waals surface area (Å²) in [7, 11) is 0. The molecule has 144 valence electrons. The van der Waals surface area contributed by atoms with Crippen LogP contribution in [0.5, 0.6) is 0 Å². The molecule has 0 spiro atoms. The predicted octanol–water partition coefficient (Wildman–Crippen LogP) is 7.46. The standard InChI is InChI=1S/C22H44O2/c1-5-8-10-11-12-14-19(4)16-17-21(22(23)24)18-20(13-7-3)15-9-6-2/h19-21H,5-18H2,1-4H3,(H,23,24). The molecule has 0 heterocycles. The van der Waals surface area contributed by atoms with Gasteiger partial charge >= 0.3 is 5.97 Å². The Hall–Kier alpha value is -0.530. The quantitative estimate of drug-likeness (QED) is 0.279. The van der Waals surface area contributed by atoms with Crippen LogP contribution in [0.15, 0.2) is 0 Å². The lowest BCUT2D eigenvalue weighted by atomic mass is 9.83.